The summed E-state index contributed by atoms with van der Waals surface area (Å²) in [6.07, 6.45) is 0. The number of non-ortho nitro benzene ring substituents is 1. The molecule has 0 radical (unpaired) electrons. The Bertz CT molecular complexity index is 1300. The fraction of sp³-hybridized carbons (Fsp3) is 0.0870. The summed E-state index contributed by atoms with van der Waals surface area (Å²) in [5, 5.41) is 13.6. The van der Waals surface area contributed by atoms with Crippen molar-refractivity contribution in [3.63, 3.8) is 0 Å². The standard InChI is InChI=1S/C23H17N3O6/c1-13-5-3-4-6-19(13)25-22(28)16-9-7-14(11-17(16)23(25)29)21(27)24-18-12-15(26(30)31)8-10-20(18)32-2/h3-12H,1-2H3,(H,24,27). The van der Waals surface area contributed by atoms with Crippen LogP contribution in [0.4, 0.5) is 17.1 Å². The van der Waals surface area contributed by atoms with Crippen LogP contribution in [0.25, 0.3) is 0 Å². The molecule has 4 rings (SSSR count). The average Bonchev–Trinajstić information content (AvgIpc) is 3.03. The van der Waals surface area contributed by atoms with Crippen LogP contribution >= 0.6 is 0 Å². The molecule has 0 aromatic heterocycles. The van der Waals surface area contributed by atoms with Crippen LogP contribution in [-0.4, -0.2) is 29.8 Å². The molecule has 0 fully saturated rings. The molecule has 1 aliphatic heterocycles. The van der Waals surface area contributed by atoms with Gasteiger partial charge in [0.25, 0.3) is 23.4 Å². The number of rotatable bonds is 5. The molecule has 9 heteroatoms. The number of aryl methyl sites for hydroxylation is 1. The van der Waals surface area contributed by atoms with E-state index in [1.807, 2.05) is 6.07 Å². The van der Waals surface area contributed by atoms with Gasteiger partial charge in [-0.2, -0.15) is 0 Å². The van der Waals surface area contributed by atoms with Crippen molar-refractivity contribution in [3.05, 3.63) is 93.0 Å². The van der Waals surface area contributed by atoms with Crippen LogP contribution in [0.5, 0.6) is 5.75 Å². The van der Waals surface area contributed by atoms with Crippen LogP contribution in [0.3, 0.4) is 0 Å². The third-order valence-electron chi connectivity index (χ3n) is 5.15. The number of nitrogens with zero attached hydrogens (tertiary/aromatic N) is 2. The number of methoxy groups -OCH3 is 1. The van der Waals surface area contributed by atoms with Crippen LogP contribution in [0, 0.1) is 17.0 Å². The third kappa shape index (κ3) is 3.45. The fourth-order valence-electron chi connectivity index (χ4n) is 3.52. The summed E-state index contributed by atoms with van der Waals surface area (Å²) in [5.41, 5.74) is 1.55. The SMILES string of the molecule is COc1ccc([N+](=O)[O-])cc1NC(=O)c1ccc2c(c1)C(=O)N(c1ccccc1C)C2=O. The minimum absolute atomic E-state index is 0.108. The number of hydrogen-bond acceptors (Lipinski definition) is 6. The molecule has 0 bridgehead atoms. The quantitative estimate of drug-likeness (QED) is 0.371. The third-order valence-corrected chi connectivity index (χ3v) is 5.15. The van der Waals surface area contributed by atoms with Crippen LogP contribution in [0.2, 0.25) is 0 Å². The van der Waals surface area contributed by atoms with Gasteiger partial charge in [-0.15, -0.1) is 0 Å². The van der Waals surface area contributed by atoms with Crippen molar-refractivity contribution in [3.8, 4) is 5.75 Å². The summed E-state index contributed by atoms with van der Waals surface area (Å²) in [4.78, 5) is 50.2. The highest BCUT2D eigenvalue weighted by Gasteiger charge is 2.37. The van der Waals surface area contributed by atoms with Crippen molar-refractivity contribution in [1.29, 1.82) is 0 Å². The van der Waals surface area contributed by atoms with E-state index < -0.39 is 22.6 Å². The zero-order valence-corrected chi connectivity index (χ0v) is 17.1. The topological polar surface area (TPSA) is 119 Å². The van der Waals surface area contributed by atoms with Gasteiger partial charge in [0.05, 0.1) is 34.5 Å². The Hall–Kier alpha value is -4.53. The van der Waals surface area contributed by atoms with E-state index in [0.717, 1.165) is 10.5 Å². The maximum Gasteiger partial charge on any atom is 0.271 e. The van der Waals surface area contributed by atoms with Gasteiger partial charge in [-0.25, -0.2) is 4.90 Å². The summed E-state index contributed by atoms with van der Waals surface area (Å²) in [6, 6.07) is 15.0. The van der Waals surface area contributed by atoms with Crippen molar-refractivity contribution in [1.82, 2.24) is 0 Å². The largest absolute Gasteiger partial charge is 0.495 e. The lowest BCUT2D eigenvalue weighted by Crippen LogP contribution is -2.29. The van der Waals surface area contributed by atoms with E-state index in [0.29, 0.717) is 5.69 Å². The van der Waals surface area contributed by atoms with Crippen molar-refractivity contribution < 1.29 is 24.0 Å². The van der Waals surface area contributed by atoms with E-state index in [-0.39, 0.29) is 33.8 Å². The van der Waals surface area contributed by atoms with Gasteiger partial charge in [0.1, 0.15) is 5.75 Å². The van der Waals surface area contributed by atoms with Gasteiger partial charge in [-0.05, 0) is 42.8 Å². The molecule has 0 spiro atoms. The lowest BCUT2D eigenvalue weighted by molar-refractivity contribution is -0.384. The zero-order valence-electron chi connectivity index (χ0n) is 17.1. The highest BCUT2D eigenvalue weighted by Crippen LogP contribution is 2.32. The molecular weight excluding hydrogens is 414 g/mol. The number of nitro benzene ring substituents is 1. The number of anilines is 2. The molecule has 0 saturated heterocycles. The first kappa shape index (κ1) is 20.7. The first-order valence-electron chi connectivity index (χ1n) is 9.54. The molecule has 1 heterocycles. The maximum absolute atomic E-state index is 13.0. The Balaban J connectivity index is 1.66. The van der Waals surface area contributed by atoms with Crippen LogP contribution in [0.1, 0.15) is 36.6 Å². The molecule has 1 aliphatic rings. The van der Waals surface area contributed by atoms with Gasteiger partial charge in [-0.1, -0.05) is 18.2 Å². The minimum atomic E-state index is -0.610. The number of nitro groups is 1. The minimum Gasteiger partial charge on any atom is -0.495 e. The Morgan fingerprint density at radius 2 is 1.72 bits per heavy atom. The second-order valence-electron chi connectivity index (χ2n) is 7.09. The zero-order chi connectivity index (χ0) is 23.0. The highest BCUT2D eigenvalue weighted by molar-refractivity contribution is 6.35. The van der Waals surface area contributed by atoms with Gasteiger partial charge >= 0.3 is 0 Å². The Labute approximate surface area is 182 Å². The number of benzene rings is 3. The van der Waals surface area contributed by atoms with Gasteiger partial charge in [0.2, 0.25) is 0 Å². The number of nitrogens with one attached hydrogen (secondary N) is 1. The summed E-state index contributed by atoms with van der Waals surface area (Å²) >= 11 is 0. The summed E-state index contributed by atoms with van der Waals surface area (Å²) in [6.45, 7) is 1.80. The molecular formula is C23H17N3O6. The van der Waals surface area contributed by atoms with E-state index in [9.17, 15) is 24.5 Å². The Morgan fingerprint density at radius 1 is 1.00 bits per heavy atom. The lowest BCUT2D eigenvalue weighted by Gasteiger charge is -2.16. The van der Waals surface area contributed by atoms with E-state index >= 15 is 0 Å². The average molecular weight is 431 g/mol. The number of carbonyl (C=O) groups excluding carboxylic acids is 3. The number of ether oxygens (including phenoxy) is 1. The first-order chi connectivity index (χ1) is 15.3. The Kier molecular flexibility index (Phi) is 5.15. The number of fused-ring (bicyclic) bond motifs is 1. The molecule has 1 N–H and O–H groups in total. The molecule has 0 aliphatic carbocycles. The fourth-order valence-corrected chi connectivity index (χ4v) is 3.52. The lowest BCUT2D eigenvalue weighted by atomic mass is 10.1. The molecule has 3 aromatic carbocycles. The van der Waals surface area contributed by atoms with Gasteiger partial charge in [0.15, 0.2) is 0 Å². The van der Waals surface area contributed by atoms with Crippen LogP contribution in [-0.2, 0) is 0 Å². The van der Waals surface area contributed by atoms with E-state index in [1.54, 1.807) is 25.1 Å². The predicted octanol–water partition coefficient (Wildman–Crippen LogP) is 3.96. The van der Waals surface area contributed by atoms with Crippen molar-refractivity contribution >= 4 is 34.8 Å². The highest BCUT2D eigenvalue weighted by atomic mass is 16.6. The van der Waals surface area contributed by atoms with E-state index in [4.69, 9.17) is 4.74 Å². The van der Waals surface area contributed by atoms with Crippen molar-refractivity contribution in [2.75, 3.05) is 17.3 Å². The van der Waals surface area contributed by atoms with Gasteiger partial charge < -0.3 is 10.1 Å². The number of imide groups is 1. The number of amides is 3. The number of hydrogen-bond donors (Lipinski definition) is 1. The summed E-state index contributed by atoms with van der Waals surface area (Å²) in [7, 11) is 1.37. The van der Waals surface area contributed by atoms with E-state index in [2.05, 4.69) is 5.32 Å². The van der Waals surface area contributed by atoms with Crippen LogP contribution < -0.4 is 15.0 Å². The molecule has 0 atom stereocenters. The molecule has 9 nitrogen and oxygen atoms in total. The van der Waals surface area contributed by atoms with Crippen molar-refractivity contribution in [2.24, 2.45) is 0 Å². The second kappa shape index (κ2) is 7.95. The molecule has 3 aromatic rings. The monoisotopic (exact) mass is 431 g/mol. The first-order valence-corrected chi connectivity index (χ1v) is 9.54. The number of carbonyl (C=O) groups is 3. The van der Waals surface area contributed by atoms with Crippen molar-refractivity contribution in [2.45, 2.75) is 6.92 Å². The maximum atomic E-state index is 13.0. The normalized spacial score (nSPS) is 12.5. The van der Waals surface area contributed by atoms with E-state index in [1.165, 1.54) is 43.5 Å². The smallest absolute Gasteiger partial charge is 0.271 e. The van der Waals surface area contributed by atoms with Gasteiger partial charge in [0, 0.05) is 17.7 Å². The van der Waals surface area contributed by atoms with Gasteiger partial charge in [-0.3, -0.25) is 24.5 Å². The number of para-hydroxylation sites is 1. The Morgan fingerprint density at radius 3 is 2.41 bits per heavy atom. The summed E-state index contributed by atoms with van der Waals surface area (Å²) < 4.78 is 5.15. The summed E-state index contributed by atoms with van der Waals surface area (Å²) in [5.74, 6) is -1.36. The second-order valence-corrected chi connectivity index (χ2v) is 7.09. The molecule has 160 valence electrons. The van der Waals surface area contributed by atoms with Crippen LogP contribution in [0.15, 0.2) is 60.7 Å². The predicted molar refractivity (Wildman–Crippen MR) is 116 cm³/mol. The molecule has 0 unspecified atom stereocenters. The molecule has 0 saturated carbocycles. The molecule has 32 heavy (non-hydrogen) atoms. The molecule has 3 amide bonds.